The van der Waals surface area contributed by atoms with Crippen LogP contribution in [0.1, 0.15) is 25.5 Å². The van der Waals surface area contributed by atoms with Crippen molar-refractivity contribution in [3.8, 4) is 0 Å². The minimum atomic E-state index is -0.513. The molecule has 1 atom stereocenters. The van der Waals surface area contributed by atoms with Gasteiger partial charge in [-0.25, -0.2) is 9.59 Å². The number of ether oxygens (including phenoxy) is 1. The lowest BCUT2D eigenvalue weighted by Gasteiger charge is -2.39. The van der Waals surface area contributed by atoms with Gasteiger partial charge in [-0.3, -0.25) is 0 Å². The van der Waals surface area contributed by atoms with Gasteiger partial charge in [0.2, 0.25) is 0 Å². The molecule has 2 rings (SSSR count). The van der Waals surface area contributed by atoms with Gasteiger partial charge in [-0.15, -0.1) is 0 Å². The second-order valence-corrected chi connectivity index (χ2v) is 5.57. The highest BCUT2D eigenvalue weighted by Crippen LogP contribution is 2.36. The van der Waals surface area contributed by atoms with E-state index in [2.05, 4.69) is 0 Å². The van der Waals surface area contributed by atoms with Gasteiger partial charge in [-0.1, -0.05) is 23.7 Å². The highest BCUT2D eigenvalue weighted by Gasteiger charge is 2.39. The minimum Gasteiger partial charge on any atom is -0.463 e. The second kappa shape index (κ2) is 6.40. The third kappa shape index (κ3) is 2.81. The first kappa shape index (κ1) is 16.4. The molecule has 1 aromatic rings. The van der Waals surface area contributed by atoms with Gasteiger partial charge in [-0.05, 0) is 31.5 Å². The van der Waals surface area contributed by atoms with Crippen molar-refractivity contribution < 1.29 is 14.3 Å². The van der Waals surface area contributed by atoms with Crippen LogP contribution in [0.4, 0.5) is 4.79 Å². The molecule has 2 amide bonds. The van der Waals surface area contributed by atoms with Crippen LogP contribution in [0, 0.1) is 0 Å². The number of amides is 2. The summed E-state index contributed by atoms with van der Waals surface area (Å²) in [6.45, 7) is 3.78. The summed E-state index contributed by atoms with van der Waals surface area (Å²) < 4.78 is 5.17. The van der Waals surface area contributed by atoms with Gasteiger partial charge in [0.1, 0.15) is 0 Å². The molecule has 0 saturated carbocycles. The predicted molar refractivity (Wildman–Crippen MR) is 84.4 cm³/mol. The lowest BCUT2D eigenvalue weighted by atomic mass is 9.94. The number of hydrogen-bond donors (Lipinski definition) is 0. The van der Waals surface area contributed by atoms with Crippen molar-refractivity contribution in [3.63, 3.8) is 0 Å². The molecular formula is C16H19ClN2O3. The number of likely N-dealkylation sites (N-methyl/N-ethyl adjacent to an activating group) is 1. The van der Waals surface area contributed by atoms with Crippen LogP contribution in [0.5, 0.6) is 0 Å². The molecule has 0 N–H and O–H groups in total. The Morgan fingerprint density at radius 3 is 2.64 bits per heavy atom. The molecule has 0 spiro atoms. The first-order valence-electron chi connectivity index (χ1n) is 7.02. The Bertz CT molecular complexity index is 642. The molecule has 1 aromatic carbocycles. The SMILES string of the molecule is CCOC(=O)C1=C(C)N(C)C(=O)N(C)C1c1cccc(Cl)c1. The molecule has 0 aliphatic carbocycles. The first-order valence-corrected chi connectivity index (χ1v) is 7.40. The molecule has 1 unspecified atom stereocenters. The van der Waals surface area contributed by atoms with E-state index >= 15 is 0 Å². The normalized spacial score (nSPS) is 18.8. The average Bonchev–Trinajstić information content (AvgIpc) is 2.48. The molecule has 0 fully saturated rings. The molecule has 1 aliphatic heterocycles. The average molecular weight is 323 g/mol. The topological polar surface area (TPSA) is 49.9 Å². The number of rotatable bonds is 3. The number of nitrogens with zero attached hydrogens (tertiary/aromatic N) is 2. The van der Waals surface area contributed by atoms with Crippen molar-refractivity contribution >= 4 is 23.6 Å². The molecule has 6 heteroatoms. The Morgan fingerprint density at radius 1 is 1.36 bits per heavy atom. The highest BCUT2D eigenvalue weighted by atomic mass is 35.5. The fourth-order valence-corrected chi connectivity index (χ4v) is 2.80. The van der Waals surface area contributed by atoms with E-state index in [1.807, 2.05) is 6.07 Å². The van der Waals surface area contributed by atoms with E-state index in [0.29, 0.717) is 16.3 Å². The van der Waals surface area contributed by atoms with Gasteiger partial charge in [0.05, 0.1) is 18.2 Å². The first-order chi connectivity index (χ1) is 10.4. The maximum Gasteiger partial charge on any atom is 0.338 e. The predicted octanol–water partition coefficient (Wildman–Crippen LogP) is 3.22. The molecule has 0 bridgehead atoms. The summed E-state index contributed by atoms with van der Waals surface area (Å²) >= 11 is 6.06. The van der Waals surface area contributed by atoms with Gasteiger partial charge in [0.25, 0.3) is 0 Å². The Morgan fingerprint density at radius 2 is 2.05 bits per heavy atom. The van der Waals surface area contributed by atoms with Crippen LogP contribution >= 0.6 is 11.6 Å². The Kier molecular flexibility index (Phi) is 4.76. The highest BCUT2D eigenvalue weighted by molar-refractivity contribution is 6.30. The Balaban J connectivity index is 2.60. The van der Waals surface area contributed by atoms with Crippen LogP contribution < -0.4 is 0 Å². The van der Waals surface area contributed by atoms with E-state index in [1.165, 1.54) is 9.80 Å². The zero-order chi connectivity index (χ0) is 16.4. The number of hydrogen-bond acceptors (Lipinski definition) is 3. The van der Waals surface area contributed by atoms with Crippen molar-refractivity contribution in [2.24, 2.45) is 0 Å². The molecule has 118 valence electrons. The van der Waals surface area contributed by atoms with Crippen LogP contribution in [-0.2, 0) is 9.53 Å². The third-order valence-electron chi connectivity index (χ3n) is 3.80. The number of allylic oxidation sites excluding steroid dienone is 1. The maximum absolute atomic E-state index is 12.4. The molecule has 1 aliphatic rings. The second-order valence-electron chi connectivity index (χ2n) is 5.13. The Hall–Kier alpha value is -2.01. The van der Waals surface area contributed by atoms with Gasteiger partial charge in [0, 0.05) is 24.8 Å². The Labute approximate surface area is 135 Å². The summed E-state index contributed by atoms with van der Waals surface area (Å²) in [6.07, 6.45) is 0. The van der Waals surface area contributed by atoms with E-state index in [0.717, 1.165) is 5.56 Å². The van der Waals surface area contributed by atoms with E-state index in [9.17, 15) is 9.59 Å². The smallest absolute Gasteiger partial charge is 0.338 e. The number of halogens is 1. The molecule has 5 nitrogen and oxygen atoms in total. The zero-order valence-corrected chi connectivity index (χ0v) is 13.8. The van der Waals surface area contributed by atoms with Crippen LogP contribution in [-0.4, -0.2) is 42.5 Å². The van der Waals surface area contributed by atoms with Crippen molar-refractivity contribution in [3.05, 3.63) is 46.1 Å². The number of esters is 1. The summed E-state index contributed by atoms with van der Waals surface area (Å²) in [6, 6.07) is 6.46. The fraction of sp³-hybridized carbons (Fsp3) is 0.375. The van der Waals surface area contributed by atoms with E-state index in [-0.39, 0.29) is 12.6 Å². The van der Waals surface area contributed by atoms with Crippen LogP contribution in [0.25, 0.3) is 0 Å². The lowest BCUT2D eigenvalue weighted by molar-refractivity contribution is -0.139. The number of carbonyl (C=O) groups is 2. The molecule has 0 radical (unpaired) electrons. The van der Waals surface area contributed by atoms with Crippen LogP contribution in [0.3, 0.4) is 0 Å². The zero-order valence-electron chi connectivity index (χ0n) is 13.1. The molecule has 22 heavy (non-hydrogen) atoms. The van der Waals surface area contributed by atoms with Crippen molar-refractivity contribution in [1.29, 1.82) is 0 Å². The number of carbonyl (C=O) groups excluding carboxylic acids is 2. The summed E-state index contributed by atoms with van der Waals surface area (Å²) in [5, 5.41) is 0.554. The molecule has 1 heterocycles. The molecule has 0 saturated heterocycles. The lowest BCUT2D eigenvalue weighted by Crippen LogP contribution is -2.47. The third-order valence-corrected chi connectivity index (χ3v) is 4.04. The van der Waals surface area contributed by atoms with Gasteiger partial charge in [0.15, 0.2) is 0 Å². The van der Waals surface area contributed by atoms with Gasteiger partial charge >= 0.3 is 12.0 Å². The van der Waals surface area contributed by atoms with Crippen molar-refractivity contribution in [2.75, 3.05) is 20.7 Å². The number of benzene rings is 1. The largest absolute Gasteiger partial charge is 0.463 e. The van der Waals surface area contributed by atoms with Crippen molar-refractivity contribution in [2.45, 2.75) is 19.9 Å². The van der Waals surface area contributed by atoms with Crippen LogP contribution in [0.15, 0.2) is 35.5 Å². The summed E-state index contributed by atoms with van der Waals surface area (Å²) in [4.78, 5) is 27.7. The van der Waals surface area contributed by atoms with E-state index < -0.39 is 12.0 Å². The fourth-order valence-electron chi connectivity index (χ4n) is 2.60. The summed E-state index contributed by atoms with van der Waals surface area (Å²) in [5.74, 6) is -0.420. The quantitative estimate of drug-likeness (QED) is 0.803. The maximum atomic E-state index is 12.4. The van der Waals surface area contributed by atoms with Crippen LogP contribution in [0.2, 0.25) is 5.02 Å². The summed E-state index contributed by atoms with van der Waals surface area (Å²) in [5.41, 5.74) is 1.82. The van der Waals surface area contributed by atoms with E-state index in [1.54, 1.807) is 46.1 Å². The standard InChI is InChI=1S/C16H19ClN2O3/c1-5-22-15(20)13-10(2)18(3)16(21)19(4)14(13)11-7-6-8-12(17)9-11/h6-9,14H,5H2,1-4H3. The van der Waals surface area contributed by atoms with Crippen molar-refractivity contribution in [1.82, 2.24) is 9.80 Å². The number of urea groups is 1. The molecular weight excluding hydrogens is 304 g/mol. The van der Waals surface area contributed by atoms with Gasteiger partial charge in [-0.2, -0.15) is 0 Å². The monoisotopic (exact) mass is 322 g/mol. The minimum absolute atomic E-state index is 0.185. The van der Waals surface area contributed by atoms with Gasteiger partial charge < -0.3 is 14.5 Å². The summed E-state index contributed by atoms with van der Waals surface area (Å²) in [7, 11) is 3.30. The van der Waals surface area contributed by atoms with E-state index in [4.69, 9.17) is 16.3 Å². The molecule has 0 aromatic heterocycles.